The van der Waals surface area contributed by atoms with E-state index >= 15 is 0 Å². The quantitative estimate of drug-likeness (QED) is 0.343. The molecule has 0 aromatic rings. The molecule has 0 aromatic heterocycles. The van der Waals surface area contributed by atoms with Crippen LogP contribution in [0.3, 0.4) is 0 Å². The number of halogens is 2. The molecule has 0 unspecified atom stereocenters. The number of hydrogen-bond acceptors (Lipinski definition) is 2. The average molecular weight is 356 g/mol. The molecule has 0 fully saturated rings. The van der Waals surface area contributed by atoms with Gasteiger partial charge >= 0.3 is 5.92 Å². The molecule has 1 aliphatic carbocycles. The van der Waals surface area contributed by atoms with Gasteiger partial charge in [0.05, 0.1) is 0 Å². The Morgan fingerprint density at radius 1 is 1.00 bits per heavy atom. The minimum atomic E-state index is -3.21. The molecular weight excluding hydrogens is 322 g/mol. The summed E-state index contributed by atoms with van der Waals surface area (Å²) in [6, 6.07) is 0. The first kappa shape index (κ1) is 22.0. The third-order valence-electron chi connectivity index (χ3n) is 5.22. The van der Waals surface area contributed by atoms with Crippen LogP contribution in [0.25, 0.3) is 0 Å². The van der Waals surface area contributed by atoms with E-state index in [0.29, 0.717) is 12.8 Å². The summed E-state index contributed by atoms with van der Waals surface area (Å²) in [5, 5.41) is 0. The van der Waals surface area contributed by atoms with Crippen LogP contribution in [0.2, 0.25) is 0 Å². The first-order chi connectivity index (χ1) is 11.9. The number of hydrogen-bond donors (Lipinski definition) is 0. The predicted octanol–water partition coefficient (Wildman–Crippen LogP) is 6.28. The third kappa shape index (κ3) is 7.79. The number of Topliss-reactive ketones (excluding diaryl/α,β-unsaturated/α-hetero) is 1. The highest BCUT2D eigenvalue weighted by Gasteiger charge is 2.38. The molecule has 0 radical (unpaired) electrons. The number of alkyl halides is 2. The van der Waals surface area contributed by atoms with Crippen molar-refractivity contribution in [3.8, 4) is 0 Å². The number of allylic oxidation sites excluding steroid dienone is 2. The van der Waals surface area contributed by atoms with Crippen molar-refractivity contribution >= 4 is 11.6 Å². The van der Waals surface area contributed by atoms with Gasteiger partial charge in [-0.15, -0.1) is 0 Å². The fourth-order valence-corrected chi connectivity index (χ4v) is 3.53. The van der Waals surface area contributed by atoms with Gasteiger partial charge in [-0.25, -0.2) is 0 Å². The summed E-state index contributed by atoms with van der Waals surface area (Å²) in [6.07, 6.45) is 11.7. The average Bonchev–Trinajstić information content (AvgIpc) is 2.92. The molecule has 2 nitrogen and oxygen atoms in total. The van der Waals surface area contributed by atoms with Crippen LogP contribution in [0.4, 0.5) is 8.78 Å². The lowest BCUT2D eigenvalue weighted by atomic mass is 9.85. The topological polar surface area (TPSA) is 34.1 Å². The minimum Gasteiger partial charge on any atom is -0.295 e. The van der Waals surface area contributed by atoms with Crippen molar-refractivity contribution < 1.29 is 18.4 Å². The maximum atomic E-state index is 13.9. The second-order valence-corrected chi connectivity index (χ2v) is 7.36. The minimum absolute atomic E-state index is 0.0472. The molecule has 2 atom stereocenters. The molecule has 0 heterocycles. The molecule has 0 bridgehead atoms. The largest absolute Gasteiger partial charge is 0.305 e. The smallest absolute Gasteiger partial charge is 0.295 e. The SMILES string of the molecule is CCCCCCC[C@H]1C(=O)C=C[C@@H]1CCC(=O)C(F)(F)CCCCC. The summed E-state index contributed by atoms with van der Waals surface area (Å²) in [7, 11) is 0. The predicted molar refractivity (Wildman–Crippen MR) is 97.8 cm³/mol. The molecule has 0 saturated heterocycles. The molecule has 0 spiro atoms. The molecule has 4 heteroatoms. The monoisotopic (exact) mass is 356 g/mol. The lowest BCUT2D eigenvalue weighted by Crippen LogP contribution is -2.29. The van der Waals surface area contributed by atoms with Gasteiger partial charge < -0.3 is 0 Å². The molecule has 144 valence electrons. The Kier molecular flexibility index (Phi) is 10.1. The zero-order valence-corrected chi connectivity index (χ0v) is 15.9. The normalized spacial score (nSPS) is 20.4. The highest BCUT2D eigenvalue weighted by molar-refractivity contribution is 5.94. The molecular formula is C21H34F2O2. The van der Waals surface area contributed by atoms with Gasteiger partial charge in [-0.1, -0.05) is 64.9 Å². The van der Waals surface area contributed by atoms with E-state index in [-0.39, 0.29) is 30.5 Å². The van der Waals surface area contributed by atoms with E-state index in [0.717, 1.165) is 32.1 Å². The lowest BCUT2D eigenvalue weighted by molar-refractivity contribution is -0.144. The first-order valence-electron chi connectivity index (χ1n) is 10.1. The number of carbonyl (C=O) groups is 2. The molecule has 0 N–H and O–H groups in total. The molecule has 0 amide bonds. The van der Waals surface area contributed by atoms with Crippen LogP contribution in [-0.4, -0.2) is 17.5 Å². The number of unbranched alkanes of at least 4 members (excludes halogenated alkanes) is 6. The summed E-state index contributed by atoms with van der Waals surface area (Å²) < 4.78 is 27.7. The van der Waals surface area contributed by atoms with Crippen molar-refractivity contribution in [1.82, 2.24) is 0 Å². The van der Waals surface area contributed by atoms with Crippen molar-refractivity contribution in [3.63, 3.8) is 0 Å². The Morgan fingerprint density at radius 2 is 1.64 bits per heavy atom. The van der Waals surface area contributed by atoms with Gasteiger partial charge in [-0.3, -0.25) is 9.59 Å². The number of ketones is 2. The van der Waals surface area contributed by atoms with Crippen LogP contribution < -0.4 is 0 Å². The maximum absolute atomic E-state index is 13.9. The van der Waals surface area contributed by atoms with Gasteiger partial charge in [0.2, 0.25) is 5.78 Å². The Balaban J connectivity index is 2.39. The molecule has 0 aliphatic heterocycles. The van der Waals surface area contributed by atoms with Gasteiger partial charge in [0.25, 0.3) is 0 Å². The molecule has 1 aliphatic rings. The van der Waals surface area contributed by atoms with Crippen LogP contribution in [-0.2, 0) is 9.59 Å². The summed E-state index contributed by atoms with van der Waals surface area (Å²) >= 11 is 0. The van der Waals surface area contributed by atoms with Crippen LogP contribution in [0.5, 0.6) is 0 Å². The van der Waals surface area contributed by atoms with Crippen LogP contribution in [0.15, 0.2) is 12.2 Å². The van der Waals surface area contributed by atoms with E-state index in [4.69, 9.17) is 0 Å². The Bertz CT molecular complexity index is 443. The van der Waals surface area contributed by atoms with E-state index in [1.54, 1.807) is 6.08 Å². The van der Waals surface area contributed by atoms with E-state index in [1.807, 2.05) is 13.0 Å². The van der Waals surface area contributed by atoms with E-state index in [9.17, 15) is 18.4 Å². The van der Waals surface area contributed by atoms with Crippen molar-refractivity contribution in [3.05, 3.63) is 12.2 Å². The van der Waals surface area contributed by atoms with Crippen molar-refractivity contribution in [1.29, 1.82) is 0 Å². The zero-order valence-electron chi connectivity index (χ0n) is 15.9. The van der Waals surface area contributed by atoms with Gasteiger partial charge in [0.1, 0.15) is 0 Å². The van der Waals surface area contributed by atoms with Crippen LogP contribution >= 0.6 is 0 Å². The third-order valence-corrected chi connectivity index (χ3v) is 5.22. The van der Waals surface area contributed by atoms with Gasteiger partial charge in [-0.2, -0.15) is 8.78 Å². The molecule has 1 rings (SSSR count). The number of rotatable bonds is 14. The highest BCUT2D eigenvalue weighted by atomic mass is 19.3. The fourth-order valence-electron chi connectivity index (χ4n) is 3.53. The van der Waals surface area contributed by atoms with Crippen LogP contribution in [0.1, 0.15) is 90.9 Å². The van der Waals surface area contributed by atoms with E-state index in [2.05, 4.69) is 6.92 Å². The zero-order chi connectivity index (χ0) is 18.7. The summed E-state index contributed by atoms with van der Waals surface area (Å²) in [4.78, 5) is 23.9. The van der Waals surface area contributed by atoms with Gasteiger partial charge in [0, 0.05) is 18.8 Å². The van der Waals surface area contributed by atoms with Crippen molar-refractivity contribution in [2.24, 2.45) is 11.8 Å². The second-order valence-electron chi connectivity index (χ2n) is 7.36. The molecule has 0 aromatic carbocycles. The standard InChI is InChI=1S/C21H34F2O2/c1-3-5-7-8-9-11-18-17(12-14-19(18)24)13-15-20(25)21(22,23)16-10-6-4-2/h12,14,17-18H,3-11,13,15-16H2,1-2H3/t17-,18-/m1/s1. The first-order valence-corrected chi connectivity index (χ1v) is 10.1. The number of carbonyl (C=O) groups excluding carboxylic acids is 2. The summed E-state index contributed by atoms with van der Waals surface area (Å²) in [6.45, 7) is 4.11. The van der Waals surface area contributed by atoms with Gasteiger partial charge in [-0.05, 0) is 31.3 Å². The lowest BCUT2D eigenvalue weighted by Gasteiger charge is -2.20. The molecule has 0 saturated carbocycles. The fraction of sp³-hybridized carbons (Fsp3) is 0.810. The summed E-state index contributed by atoms with van der Waals surface area (Å²) in [5.74, 6) is -4.23. The molecule has 25 heavy (non-hydrogen) atoms. The van der Waals surface area contributed by atoms with Crippen molar-refractivity contribution in [2.45, 2.75) is 96.8 Å². The summed E-state index contributed by atoms with van der Waals surface area (Å²) in [5.41, 5.74) is 0. The van der Waals surface area contributed by atoms with E-state index < -0.39 is 11.7 Å². The second kappa shape index (κ2) is 11.5. The Morgan fingerprint density at radius 3 is 2.32 bits per heavy atom. The Labute approximate surface area is 151 Å². The van der Waals surface area contributed by atoms with Gasteiger partial charge in [0.15, 0.2) is 5.78 Å². The van der Waals surface area contributed by atoms with Crippen LogP contribution in [0, 0.1) is 11.8 Å². The van der Waals surface area contributed by atoms with Crippen molar-refractivity contribution in [2.75, 3.05) is 0 Å². The Hall–Kier alpha value is -1.06. The maximum Gasteiger partial charge on any atom is 0.305 e. The highest BCUT2D eigenvalue weighted by Crippen LogP contribution is 2.33. The van der Waals surface area contributed by atoms with E-state index in [1.165, 1.54) is 19.3 Å².